The number of hydrogen-bond acceptors (Lipinski definition) is 8. The average Bonchev–Trinajstić information content (AvgIpc) is 2.84. The van der Waals surface area contributed by atoms with Crippen molar-refractivity contribution in [1.82, 2.24) is 21.3 Å². The fourth-order valence-electron chi connectivity index (χ4n) is 3.47. The molecule has 0 fully saturated rings. The van der Waals surface area contributed by atoms with Gasteiger partial charge in [-0.3, -0.25) is 19.2 Å². The number of aromatic hydroxyl groups is 1. The van der Waals surface area contributed by atoms with Crippen molar-refractivity contribution in [2.24, 2.45) is 17.6 Å². The van der Waals surface area contributed by atoms with E-state index in [0.29, 0.717) is 12.0 Å². The number of nitrogens with one attached hydrogen (secondary N) is 4. The molecule has 1 aromatic carbocycles. The highest BCUT2D eigenvalue weighted by Crippen LogP contribution is 2.13. The molecule has 9 N–H and O–H groups in total. The predicted octanol–water partition coefficient (Wildman–Crippen LogP) is -1.39. The van der Waals surface area contributed by atoms with Gasteiger partial charge < -0.3 is 42.3 Å². The first-order valence-electron chi connectivity index (χ1n) is 12.3. The van der Waals surface area contributed by atoms with Gasteiger partial charge in [-0.05, 0) is 36.0 Å². The lowest BCUT2D eigenvalue weighted by Gasteiger charge is -2.26. The lowest BCUT2D eigenvalue weighted by atomic mass is 9.99. The number of carboxylic acids is 1. The summed E-state index contributed by atoms with van der Waals surface area (Å²) in [5, 5.41) is 37.1. The molecular weight excluding hydrogens is 498 g/mol. The second-order valence-corrected chi connectivity index (χ2v) is 9.76. The number of hydrogen-bond donors (Lipinski definition) is 8. The van der Waals surface area contributed by atoms with E-state index in [9.17, 15) is 29.1 Å². The molecule has 0 aliphatic heterocycles. The molecule has 0 spiro atoms. The van der Waals surface area contributed by atoms with E-state index < -0.39 is 72.8 Å². The molecule has 212 valence electrons. The maximum absolute atomic E-state index is 13.2. The summed E-state index contributed by atoms with van der Waals surface area (Å²) in [5.74, 6) is -4.41. The van der Waals surface area contributed by atoms with E-state index in [1.165, 1.54) is 12.1 Å². The van der Waals surface area contributed by atoms with Gasteiger partial charge in [-0.2, -0.15) is 0 Å². The van der Waals surface area contributed by atoms with Crippen LogP contribution in [0.15, 0.2) is 24.3 Å². The summed E-state index contributed by atoms with van der Waals surface area (Å²) in [5.41, 5.74) is 6.62. The maximum atomic E-state index is 13.2. The van der Waals surface area contributed by atoms with Gasteiger partial charge in [0.25, 0.3) is 0 Å². The Labute approximate surface area is 221 Å². The molecule has 0 saturated carbocycles. The first-order valence-corrected chi connectivity index (χ1v) is 12.3. The molecule has 4 amide bonds. The minimum Gasteiger partial charge on any atom is -0.508 e. The van der Waals surface area contributed by atoms with Crippen LogP contribution >= 0.6 is 0 Å². The molecule has 1 rings (SSSR count). The van der Waals surface area contributed by atoms with E-state index in [2.05, 4.69) is 21.3 Å². The van der Waals surface area contributed by atoms with Crippen LogP contribution in [0.4, 0.5) is 0 Å². The zero-order chi connectivity index (χ0) is 29.0. The van der Waals surface area contributed by atoms with Gasteiger partial charge in [0, 0.05) is 6.42 Å². The topological polar surface area (TPSA) is 220 Å². The molecule has 0 bridgehead atoms. The number of phenolic OH excluding ortho intramolecular Hbond substituents is 1. The van der Waals surface area contributed by atoms with Crippen molar-refractivity contribution >= 4 is 29.6 Å². The van der Waals surface area contributed by atoms with Gasteiger partial charge in [0.1, 0.15) is 23.9 Å². The summed E-state index contributed by atoms with van der Waals surface area (Å²) in [6.45, 7) is 5.75. The first kappa shape index (κ1) is 32.3. The van der Waals surface area contributed by atoms with Crippen molar-refractivity contribution in [2.75, 3.05) is 13.2 Å². The SMILES string of the molecule is CC(C)C[C@H](N)C(=O)N[C@@H](Cc1ccc(O)cc1)C(=O)N[C@H](C(=O)NCC(=O)N[C@@H](CO)C(=O)O)C(C)C. The number of aliphatic hydroxyl groups excluding tert-OH is 1. The quantitative estimate of drug-likeness (QED) is 0.132. The number of nitrogens with two attached hydrogens (primary N) is 1. The third kappa shape index (κ3) is 11.1. The minimum absolute atomic E-state index is 0.0342. The molecule has 4 atom stereocenters. The van der Waals surface area contributed by atoms with Crippen molar-refractivity contribution in [3.63, 3.8) is 0 Å². The molecule has 13 heteroatoms. The lowest BCUT2D eigenvalue weighted by Crippen LogP contribution is -2.58. The van der Waals surface area contributed by atoms with E-state index in [1.54, 1.807) is 26.0 Å². The van der Waals surface area contributed by atoms with E-state index in [1.807, 2.05) is 13.8 Å². The van der Waals surface area contributed by atoms with Gasteiger partial charge in [-0.25, -0.2) is 4.79 Å². The maximum Gasteiger partial charge on any atom is 0.328 e. The Bertz CT molecular complexity index is 967. The van der Waals surface area contributed by atoms with Crippen LogP contribution in [0.5, 0.6) is 5.75 Å². The summed E-state index contributed by atoms with van der Waals surface area (Å²) in [7, 11) is 0. The molecule has 13 nitrogen and oxygen atoms in total. The molecule has 0 aliphatic carbocycles. The number of carboxylic acid groups (broad SMARTS) is 1. The van der Waals surface area contributed by atoms with E-state index in [4.69, 9.17) is 15.9 Å². The molecule has 0 aliphatic rings. The number of carbonyl (C=O) groups excluding carboxylic acids is 4. The van der Waals surface area contributed by atoms with Crippen molar-refractivity contribution in [3.05, 3.63) is 29.8 Å². The molecule has 38 heavy (non-hydrogen) atoms. The van der Waals surface area contributed by atoms with Gasteiger partial charge >= 0.3 is 5.97 Å². The van der Waals surface area contributed by atoms with E-state index in [0.717, 1.165) is 0 Å². The third-order valence-electron chi connectivity index (χ3n) is 5.56. The minimum atomic E-state index is -1.52. The van der Waals surface area contributed by atoms with Crippen LogP contribution in [-0.2, 0) is 30.4 Å². The van der Waals surface area contributed by atoms with Crippen LogP contribution in [0.3, 0.4) is 0 Å². The van der Waals surface area contributed by atoms with Gasteiger partial charge in [-0.1, -0.05) is 39.8 Å². The number of aliphatic carboxylic acids is 1. The molecule has 0 radical (unpaired) electrons. The van der Waals surface area contributed by atoms with Crippen molar-refractivity contribution in [1.29, 1.82) is 0 Å². The van der Waals surface area contributed by atoms with E-state index in [-0.39, 0.29) is 18.1 Å². The second-order valence-electron chi connectivity index (χ2n) is 9.76. The number of carbonyl (C=O) groups is 5. The Morgan fingerprint density at radius 2 is 1.47 bits per heavy atom. The second kappa shape index (κ2) is 15.5. The summed E-state index contributed by atoms with van der Waals surface area (Å²) >= 11 is 0. The highest BCUT2D eigenvalue weighted by molar-refractivity contribution is 5.94. The standard InChI is InChI=1S/C25H39N5O8/c1-13(2)9-17(26)22(34)29-18(10-15-5-7-16(32)8-6-15)23(35)30-21(14(3)4)24(36)27-11-20(33)28-19(12-31)25(37)38/h5-8,13-14,17-19,21,31-32H,9-12,26H2,1-4H3,(H,27,36)(H,28,33)(H,29,34)(H,30,35)(H,37,38)/t17-,18-,19-,21-/m0/s1. The zero-order valence-electron chi connectivity index (χ0n) is 22.1. The molecular formula is C25H39N5O8. The molecule has 1 aromatic rings. The molecule has 0 saturated heterocycles. The molecule has 0 aromatic heterocycles. The van der Waals surface area contributed by atoms with E-state index >= 15 is 0 Å². The van der Waals surface area contributed by atoms with Crippen LogP contribution in [0.1, 0.15) is 39.7 Å². The zero-order valence-corrected chi connectivity index (χ0v) is 22.1. The van der Waals surface area contributed by atoms with Crippen LogP contribution < -0.4 is 27.0 Å². The van der Waals surface area contributed by atoms with Gasteiger partial charge in [0.2, 0.25) is 23.6 Å². The summed E-state index contributed by atoms with van der Waals surface area (Å²) in [4.78, 5) is 61.6. The van der Waals surface area contributed by atoms with Crippen molar-refractivity contribution < 1.29 is 39.3 Å². The normalized spacial score (nSPS) is 14.2. The Balaban J connectivity index is 2.97. The number of aliphatic hydroxyl groups is 1. The average molecular weight is 538 g/mol. The Hall–Kier alpha value is -3.71. The van der Waals surface area contributed by atoms with Crippen molar-refractivity contribution in [3.8, 4) is 5.75 Å². The van der Waals surface area contributed by atoms with Crippen molar-refractivity contribution in [2.45, 2.75) is 64.7 Å². The fraction of sp³-hybridized carbons (Fsp3) is 0.560. The summed E-state index contributed by atoms with van der Waals surface area (Å²) < 4.78 is 0. The largest absolute Gasteiger partial charge is 0.508 e. The first-order chi connectivity index (χ1) is 17.7. The Kier molecular flexibility index (Phi) is 13.2. The van der Waals surface area contributed by atoms with Crippen LogP contribution in [-0.4, -0.2) is 82.2 Å². The third-order valence-corrected chi connectivity index (χ3v) is 5.56. The molecule has 0 unspecified atom stereocenters. The van der Waals surface area contributed by atoms with Crippen LogP contribution in [0.2, 0.25) is 0 Å². The molecule has 0 heterocycles. The smallest absolute Gasteiger partial charge is 0.328 e. The Morgan fingerprint density at radius 3 is 1.97 bits per heavy atom. The number of phenols is 1. The summed E-state index contributed by atoms with van der Waals surface area (Å²) in [6, 6.07) is 1.52. The number of rotatable bonds is 15. The van der Waals surface area contributed by atoms with Gasteiger partial charge in [-0.15, -0.1) is 0 Å². The number of benzene rings is 1. The predicted molar refractivity (Wildman–Crippen MR) is 138 cm³/mol. The number of amides is 4. The monoisotopic (exact) mass is 537 g/mol. The van der Waals surface area contributed by atoms with Crippen LogP contribution in [0.25, 0.3) is 0 Å². The summed E-state index contributed by atoms with van der Waals surface area (Å²) in [6.07, 6.45) is 0.455. The fourth-order valence-corrected chi connectivity index (χ4v) is 3.47. The van der Waals surface area contributed by atoms with Gasteiger partial charge in [0.05, 0.1) is 19.2 Å². The van der Waals surface area contributed by atoms with Gasteiger partial charge in [0.15, 0.2) is 0 Å². The van der Waals surface area contributed by atoms with Crippen LogP contribution in [0, 0.1) is 11.8 Å². The Morgan fingerprint density at radius 1 is 0.868 bits per heavy atom. The lowest BCUT2D eigenvalue weighted by molar-refractivity contribution is -0.142. The highest BCUT2D eigenvalue weighted by Gasteiger charge is 2.30. The highest BCUT2D eigenvalue weighted by atomic mass is 16.4.